The summed E-state index contributed by atoms with van der Waals surface area (Å²) in [5.41, 5.74) is 5.91. The third kappa shape index (κ3) is 5.28. The van der Waals surface area contributed by atoms with E-state index in [4.69, 9.17) is 21.7 Å². The molecule has 0 aliphatic carbocycles. The molecule has 0 amide bonds. The molecule has 0 bridgehead atoms. The highest BCUT2D eigenvalue weighted by Gasteiger charge is 2.25. The number of ether oxygens (including phenoxy) is 2. The zero-order valence-electron chi connectivity index (χ0n) is 16.2. The molecule has 2 N–H and O–H groups in total. The summed E-state index contributed by atoms with van der Waals surface area (Å²) < 4.78 is 10.9. The third-order valence-electron chi connectivity index (χ3n) is 4.61. The number of thiocarbonyl (C=S) groups is 1. The van der Waals surface area contributed by atoms with Crippen molar-refractivity contribution in [3.63, 3.8) is 0 Å². The Labute approximate surface area is 171 Å². The van der Waals surface area contributed by atoms with Crippen LogP contribution in [0.4, 0.5) is 5.69 Å². The number of morpholine rings is 1. The summed E-state index contributed by atoms with van der Waals surface area (Å²) in [6.07, 6.45) is 0. The van der Waals surface area contributed by atoms with Gasteiger partial charge in [-0.1, -0.05) is 42.5 Å². The van der Waals surface area contributed by atoms with Crippen LogP contribution in [0.1, 0.15) is 18.5 Å². The predicted octanol–water partition coefficient (Wildman–Crippen LogP) is 3.43. The van der Waals surface area contributed by atoms with Crippen molar-refractivity contribution in [3.05, 3.63) is 60.2 Å². The highest BCUT2D eigenvalue weighted by Crippen LogP contribution is 2.24. The van der Waals surface area contributed by atoms with Crippen molar-refractivity contribution in [2.45, 2.75) is 13.0 Å². The molecule has 0 radical (unpaired) electrons. The molecule has 148 valence electrons. The maximum atomic E-state index is 5.51. The van der Waals surface area contributed by atoms with Crippen molar-refractivity contribution in [1.29, 1.82) is 0 Å². The van der Waals surface area contributed by atoms with Crippen LogP contribution in [0.15, 0.2) is 59.7 Å². The normalized spacial score (nSPS) is 16.3. The van der Waals surface area contributed by atoms with Gasteiger partial charge in [0.05, 0.1) is 37.8 Å². The Morgan fingerprint density at radius 2 is 1.79 bits per heavy atom. The maximum absolute atomic E-state index is 5.51. The monoisotopic (exact) mass is 398 g/mol. The van der Waals surface area contributed by atoms with Crippen LogP contribution >= 0.6 is 12.2 Å². The second kappa shape index (κ2) is 10.2. The van der Waals surface area contributed by atoms with Gasteiger partial charge in [-0.15, -0.1) is 0 Å². The van der Waals surface area contributed by atoms with Crippen molar-refractivity contribution in [2.75, 3.05) is 38.7 Å². The molecule has 0 saturated carbocycles. The molecule has 2 aromatic carbocycles. The number of anilines is 1. The van der Waals surface area contributed by atoms with E-state index in [2.05, 4.69) is 45.0 Å². The predicted molar refractivity (Wildman–Crippen MR) is 117 cm³/mol. The van der Waals surface area contributed by atoms with E-state index in [1.54, 1.807) is 7.11 Å². The van der Waals surface area contributed by atoms with Gasteiger partial charge in [-0.25, -0.2) is 0 Å². The summed E-state index contributed by atoms with van der Waals surface area (Å²) in [5, 5.41) is 8.11. The lowest BCUT2D eigenvalue weighted by molar-refractivity contribution is 0.0285. The molecular weight excluding hydrogens is 372 g/mol. The minimum Gasteiger partial charge on any atom is -0.495 e. The number of methoxy groups -OCH3 is 1. The van der Waals surface area contributed by atoms with Crippen LogP contribution in [-0.4, -0.2) is 49.1 Å². The van der Waals surface area contributed by atoms with Gasteiger partial charge in [-0.3, -0.25) is 10.3 Å². The van der Waals surface area contributed by atoms with E-state index in [0.29, 0.717) is 5.11 Å². The molecule has 2 aromatic rings. The van der Waals surface area contributed by atoms with Crippen molar-refractivity contribution in [1.82, 2.24) is 10.3 Å². The van der Waals surface area contributed by atoms with Gasteiger partial charge in [0.1, 0.15) is 5.75 Å². The second-order valence-electron chi connectivity index (χ2n) is 6.48. The van der Waals surface area contributed by atoms with Gasteiger partial charge in [-0.05, 0) is 36.8 Å². The first-order valence-corrected chi connectivity index (χ1v) is 9.71. The fourth-order valence-electron chi connectivity index (χ4n) is 3.29. The Morgan fingerprint density at radius 1 is 1.11 bits per heavy atom. The van der Waals surface area contributed by atoms with Gasteiger partial charge in [0, 0.05) is 13.1 Å². The van der Waals surface area contributed by atoms with Gasteiger partial charge in [0.25, 0.3) is 0 Å². The van der Waals surface area contributed by atoms with E-state index in [0.717, 1.165) is 43.5 Å². The van der Waals surface area contributed by atoms with E-state index in [-0.39, 0.29) is 6.04 Å². The topological polar surface area (TPSA) is 58.1 Å². The lowest BCUT2D eigenvalue weighted by Gasteiger charge is -2.34. The highest BCUT2D eigenvalue weighted by atomic mass is 32.1. The molecule has 0 spiro atoms. The molecular formula is C21H26N4O2S. The Bertz CT molecular complexity index is 807. The molecule has 1 atom stereocenters. The SMILES string of the molecule is COc1ccccc1NC(=S)N/N=C(/C)[C@H](c1ccccc1)N1CCOCC1. The minimum absolute atomic E-state index is 0.0756. The molecule has 1 aliphatic rings. The molecule has 1 heterocycles. The van der Waals surface area contributed by atoms with E-state index in [1.165, 1.54) is 5.56 Å². The van der Waals surface area contributed by atoms with Crippen molar-refractivity contribution in [3.8, 4) is 5.75 Å². The van der Waals surface area contributed by atoms with Gasteiger partial charge in [-0.2, -0.15) is 5.10 Å². The third-order valence-corrected chi connectivity index (χ3v) is 4.80. The first kappa shape index (κ1) is 20.3. The zero-order chi connectivity index (χ0) is 19.8. The molecule has 0 unspecified atom stereocenters. The Hall–Kier alpha value is -2.48. The summed E-state index contributed by atoms with van der Waals surface area (Å²) in [6.45, 7) is 5.23. The summed E-state index contributed by atoms with van der Waals surface area (Å²) in [6, 6.07) is 18.1. The van der Waals surface area contributed by atoms with Crippen molar-refractivity contribution < 1.29 is 9.47 Å². The summed E-state index contributed by atoms with van der Waals surface area (Å²) in [4.78, 5) is 2.38. The van der Waals surface area contributed by atoms with E-state index >= 15 is 0 Å². The highest BCUT2D eigenvalue weighted by molar-refractivity contribution is 7.80. The number of nitrogens with zero attached hydrogens (tertiary/aromatic N) is 2. The summed E-state index contributed by atoms with van der Waals surface area (Å²) >= 11 is 5.40. The van der Waals surface area contributed by atoms with Crippen LogP contribution in [0.5, 0.6) is 5.75 Å². The Kier molecular flexibility index (Phi) is 7.36. The van der Waals surface area contributed by atoms with Gasteiger partial charge in [0.15, 0.2) is 5.11 Å². The molecule has 6 nitrogen and oxygen atoms in total. The summed E-state index contributed by atoms with van der Waals surface area (Å²) in [5.74, 6) is 0.725. The van der Waals surface area contributed by atoms with E-state index in [9.17, 15) is 0 Å². The number of nitrogens with one attached hydrogen (secondary N) is 2. The van der Waals surface area contributed by atoms with Crippen LogP contribution in [-0.2, 0) is 4.74 Å². The number of hydrogen-bond donors (Lipinski definition) is 2. The van der Waals surface area contributed by atoms with E-state index in [1.807, 2.05) is 37.3 Å². The van der Waals surface area contributed by atoms with Crippen LogP contribution in [0.2, 0.25) is 0 Å². The molecule has 3 rings (SSSR count). The van der Waals surface area contributed by atoms with Crippen LogP contribution in [0.3, 0.4) is 0 Å². The Morgan fingerprint density at radius 3 is 2.50 bits per heavy atom. The number of para-hydroxylation sites is 2. The lowest BCUT2D eigenvalue weighted by atomic mass is 10.0. The minimum atomic E-state index is 0.0756. The largest absolute Gasteiger partial charge is 0.495 e. The van der Waals surface area contributed by atoms with Gasteiger partial charge < -0.3 is 14.8 Å². The first-order valence-electron chi connectivity index (χ1n) is 9.30. The number of rotatable bonds is 6. The average molecular weight is 399 g/mol. The lowest BCUT2D eigenvalue weighted by Crippen LogP contribution is -2.42. The fraction of sp³-hybridized carbons (Fsp3) is 0.333. The summed E-state index contributed by atoms with van der Waals surface area (Å²) in [7, 11) is 1.63. The van der Waals surface area contributed by atoms with E-state index < -0.39 is 0 Å². The Balaban J connectivity index is 1.72. The standard InChI is InChI=1S/C21H26N4O2S/c1-16(23-24-21(28)22-18-10-6-7-11-19(18)26-2)20(17-8-4-3-5-9-17)25-12-14-27-15-13-25/h3-11,20H,12-15H2,1-2H3,(H2,22,24,28)/b23-16-/t20-/m1/s1. The zero-order valence-corrected chi connectivity index (χ0v) is 17.0. The van der Waals surface area contributed by atoms with Crippen LogP contribution in [0.25, 0.3) is 0 Å². The average Bonchev–Trinajstić information content (AvgIpc) is 2.74. The first-order chi connectivity index (χ1) is 13.7. The number of hydrogen-bond acceptors (Lipinski definition) is 5. The second-order valence-corrected chi connectivity index (χ2v) is 6.89. The van der Waals surface area contributed by atoms with Crippen LogP contribution < -0.4 is 15.5 Å². The maximum Gasteiger partial charge on any atom is 0.191 e. The van der Waals surface area contributed by atoms with Crippen LogP contribution in [0, 0.1) is 0 Å². The number of benzene rings is 2. The molecule has 0 aromatic heterocycles. The molecule has 1 saturated heterocycles. The molecule has 7 heteroatoms. The molecule has 1 aliphatic heterocycles. The molecule has 1 fully saturated rings. The quantitative estimate of drug-likeness (QED) is 0.442. The van der Waals surface area contributed by atoms with Crippen molar-refractivity contribution in [2.24, 2.45) is 5.10 Å². The smallest absolute Gasteiger partial charge is 0.191 e. The van der Waals surface area contributed by atoms with Gasteiger partial charge >= 0.3 is 0 Å². The van der Waals surface area contributed by atoms with Gasteiger partial charge in [0.2, 0.25) is 0 Å². The van der Waals surface area contributed by atoms with Crippen molar-refractivity contribution >= 4 is 28.7 Å². The molecule has 28 heavy (non-hydrogen) atoms. The fourth-order valence-corrected chi connectivity index (χ4v) is 3.44. The number of hydrazone groups is 1.